The highest BCUT2D eigenvalue weighted by atomic mass is 79.9. The molecule has 1 saturated heterocycles. The molecule has 1 atom stereocenters. The first-order valence-electron chi connectivity index (χ1n) is 5.21. The Morgan fingerprint density at radius 2 is 1.94 bits per heavy atom. The Morgan fingerprint density at radius 3 is 2.50 bits per heavy atom. The monoisotopic (exact) mass is 311 g/mol. The van der Waals surface area contributed by atoms with Gasteiger partial charge in [0.05, 0.1) is 6.42 Å². The van der Waals surface area contributed by atoms with Crippen molar-refractivity contribution >= 4 is 39.5 Å². The van der Waals surface area contributed by atoms with E-state index in [-0.39, 0.29) is 12.3 Å². The molecule has 2 rings (SSSR count). The summed E-state index contributed by atoms with van der Waals surface area (Å²) in [5, 5.41) is 7.07. The second kappa shape index (κ2) is 5.18. The zero-order valence-corrected chi connectivity index (χ0v) is 10.8. The summed E-state index contributed by atoms with van der Waals surface area (Å²) in [5.41, 5.74) is 0.632. The number of halogens is 1. The second-order valence-electron chi connectivity index (χ2n) is 3.77. The average molecular weight is 312 g/mol. The zero-order valence-electron chi connectivity index (χ0n) is 9.20. The number of amides is 4. The molecular formula is C11H10BrN3O3. The first kappa shape index (κ1) is 12.6. The molecule has 1 aliphatic rings. The van der Waals surface area contributed by atoms with E-state index in [0.29, 0.717) is 5.69 Å². The van der Waals surface area contributed by atoms with Gasteiger partial charge in [0.25, 0.3) is 5.91 Å². The number of hydrogen-bond donors (Lipinski definition) is 3. The summed E-state index contributed by atoms with van der Waals surface area (Å²) in [5.74, 6) is -0.814. The molecule has 0 radical (unpaired) electrons. The van der Waals surface area contributed by atoms with Gasteiger partial charge in [0, 0.05) is 10.2 Å². The normalized spacial score (nSPS) is 18.2. The molecule has 0 bridgehead atoms. The van der Waals surface area contributed by atoms with Gasteiger partial charge >= 0.3 is 6.03 Å². The van der Waals surface area contributed by atoms with E-state index in [1.54, 1.807) is 24.3 Å². The number of imide groups is 1. The lowest BCUT2D eigenvalue weighted by atomic mass is 10.2. The fourth-order valence-corrected chi connectivity index (χ4v) is 1.80. The predicted octanol–water partition coefficient (Wildman–Crippen LogP) is 0.986. The molecular weight excluding hydrogens is 302 g/mol. The summed E-state index contributed by atoms with van der Waals surface area (Å²) < 4.78 is 0.905. The standard InChI is InChI=1S/C11H10BrN3O3/c12-6-1-3-7(4-2-6)13-9(16)5-8-10(17)15-11(18)14-8/h1-4,8H,5H2,(H,13,16)(H2,14,15,17,18). The third-order valence-electron chi connectivity index (χ3n) is 2.38. The van der Waals surface area contributed by atoms with Crippen LogP contribution in [-0.4, -0.2) is 23.9 Å². The maximum absolute atomic E-state index is 11.7. The molecule has 1 unspecified atom stereocenters. The van der Waals surface area contributed by atoms with Gasteiger partial charge in [0.2, 0.25) is 5.91 Å². The number of anilines is 1. The fourth-order valence-electron chi connectivity index (χ4n) is 1.53. The quantitative estimate of drug-likeness (QED) is 0.727. The van der Waals surface area contributed by atoms with Gasteiger partial charge in [-0.15, -0.1) is 0 Å². The maximum Gasteiger partial charge on any atom is 0.322 e. The van der Waals surface area contributed by atoms with Crippen molar-refractivity contribution in [1.29, 1.82) is 0 Å². The van der Waals surface area contributed by atoms with Crippen molar-refractivity contribution in [1.82, 2.24) is 10.6 Å². The lowest BCUT2D eigenvalue weighted by Crippen LogP contribution is -2.33. The molecule has 18 heavy (non-hydrogen) atoms. The molecule has 6 nitrogen and oxygen atoms in total. The highest BCUT2D eigenvalue weighted by molar-refractivity contribution is 9.10. The molecule has 0 aliphatic carbocycles. The number of carbonyl (C=O) groups excluding carboxylic acids is 3. The summed E-state index contributed by atoms with van der Waals surface area (Å²) in [6.45, 7) is 0. The minimum atomic E-state index is -0.798. The smallest absolute Gasteiger partial charge is 0.322 e. The van der Waals surface area contributed by atoms with Crippen molar-refractivity contribution < 1.29 is 14.4 Å². The van der Waals surface area contributed by atoms with Crippen LogP contribution in [0, 0.1) is 0 Å². The molecule has 1 heterocycles. The SMILES string of the molecule is O=C(CC1NC(=O)NC1=O)Nc1ccc(Br)cc1. The van der Waals surface area contributed by atoms with Gasteiger partial charge in [-0.05, 0) is 24.3 Å². The van der Waals surface area contributed by atoms with Crippen molar-refractivity contribution in [3.63, 3.8) is 0 Å². The lowest BCUT2D eigenvalue weighted by Gasteiger charge is -2.08. The second-order valence-corrected chi connectivity index (χ2v) is 4.69. The van der Waals surface area contributed by atoms with Crippen molar-refractivity contribution in [3.05, 3.63) is 28.7 Å². The molecule has 1 aromatic rings. The third-order valence-corrected chi connectivity index (χ3v) is 2.90. The highest BCUT2D eigenvalue weighted by Gasteiger charge is 2.31. The molecule has 1 aromatic carbocycles. The molecule has 1 aliphatic heterocycles. The predicted molar refractivity (Wildman–Crippen MR) is 67.9 cm³/mol. The Kier molecular flexibility index (Phi) is 3.61. The Labute approximate surface area is 111 Å². The first-order chi connectivity index (χ1) is 8.54. The Morgan fingerprint density at radius 1 is 1.28 bits per heavy atom. The minimum absolute atomic E-state index is 0.0896. The summed E-state index contributed by atoms with van der Waals surface area (Å²) in [7, 11) is 0. The van der Waals surface area contributed by atoms with E-state index >= 15 is 0 Å². The van der Waals surface area contributed by atoms with Gasteiger partial charge in [-0.2, -0.15) is 0 Å². The Hall–Kier alpha value is -1.89. The van der Waals surface area contributed by atoms with Crippen LogP contribution in [0.15, 0.2) is 28.7 Å². The number of rotatable bonds is 3. The summed E-state index contributed by atoms with van der Waals surface area (Å²) in [6, 6.07) is 5.68. The van der Waals surface area contributed by atoms with Crippen LogP contribution in [0.4, 0.5) is 10.5 Å². The van der Waals surface area contributed by atoms with Gasteiger partial charge in [-0.1, -0.05) is 15.9 Å². The van der Waals surface area contributed by atoms with Gasteiger partial charge in [-0.3, -0.25) is 14.9 Å². The van der Waals surface area contributed by atoms with E-state index in [4.69, 9.17) is 0 Å². The average Bonchev–Trinajstić information content (AvgIpc) is 2.61. The fraction of sp³-hybridized carbons (Fsp3) is 0.182. The van der Waals surface area contributed by atoms with Crippen molar-refractivity contribution in [2.75, 3.05) is 5.32 Å². The molecule has 1 fully saturated rings. The van der Waals surface area contributed by atoms with Crippen LogP contribution in [-0.2, 0) is 9.59 Å². The van der Waals surface area contributed by atoms with Crippen molar-refractivity contribution in [3.8, 4) is 0 Å². The molecule has 0 aromatic heterocycles. The summed E-state index contributed by atoms with van der Waals surface area (Å²) in [6.07, 6.45) is -0.0896. The lowest BCUT2D eigenvalue weighted by molar-refractivity contribution is -0.124. The van der Waals surface area contributed by atoms with Crippen molar-refractivity contribution in [2.24, 2.45) is 0 Å². The largest absolute Gasteiger partial charge is 0.326 e. The molecule has 4 amide bonds. The van der Waals surface area contributed by atoms with Crippen molar-refractivity contribution in [2.45, 2.75) is 12.5 Å². The topological polar surface area (TPSA) is 87.3 Å². The van der Waals surface area contributed by atoms with Crippen LogP contribution in [0.2, 0.25) is 0 Å². The van der Waals surface area contributed by atoms with E-state index in [9.17, 15) is 14.4 Å². The number of nitrogens with one attached hydrogen (secondary N) is 3. The van der Waals surface area contributed by atoms with Crippen LogP contribution in [0.3, 0.4) is 0 Å². The molecule has 3 N–H and O–H groups in total. The third kappa shape index (κ3) is 3.07. The minimum Gasteiger partial charge on any atom is -0.326 e. The van der Waals surface area contributed by atoms with Gasteiger partial charge in [-0.25, -0.2) is 4.79 Å². The van der Waals surface area contributed by atoms with Crippen LogP contribution >= 0.6 is 15.9 Å². The van der Waals surface area contributed by atoms with Crippen LogP contribution in [0.5, 0.6) is 0 Å². The highest BCUT2D eigenvalue weighted by Crippen LogP contribution is 2.14. The number of carbonyl (C=O) groups is 3. The van der Waals surface area contributed by atoms with Crippen LogP contribution in [0.1, 0.15) is 6.42 Å². The molecule has 7 heteroatoms. The van der Waals surface area contributed by atoms with Crippen LogP contribution in [0.25, 0.3) is 0 Å². The maximum atomic E-state index is 11.7. The zero-order chi connectivity index (χ0) is 13.1. The van der Waals surface area contributed by atoms with E-state index < -0.39 is 18.0 Å². The molecule has 0 saturated carbocycles. The number of benzene rings is 1. The number of hydrogen-bond acceptors (Lipinski definition) is 3. The molecule has 94 valence electrons. The van der Waals surface area contributed by atoms with Gasteiger partial charge in [0.1, 0.15) is 6.04 Å². The van der Waals surface area contributed by atoms with E-state index in [1.165, 1.54) is 0 Å². The summed E-state index contributed by atoms with van der Waals surface area (Å²) >= 11 is 3.28. The number of urea groups is 1. The Bertz CT molecular complexity index is 501. The van der Waals surface area contributed by atoms with E-state index in [0.717, 1.165) is 4.47 Å². The van der Waals surface area contributed by atoms with E-state index in [2.05, 4.69) is 31.9 Å². The van der Waals surface area contributed by atoms with Gasteiger partial charge in [0.15, 0.2) is 0 Å². The first-order valence-corrected chi connectivity index (χ1v) is 6.00. The van der Waals surface area contributed by atoms with Crippen LogP contribution < -0.4 is 16.0 Å². The van der Waals surface area contributed by atoms with Gasteiger partial charge < -0.3 is 10.6 Å². The Balaban J connectivity index is 1.91. The molecule has 0 spiro atoms. The summed E-state index contributed by atoms with van der Waals surface area (Å²) in [4.78, 5) is 33.7. The van der Waals surface area contributed by atoms with E-state index in [1.807, 2.05) is 0 Å².